The minimum absolute atomic E-state index is 0.455. The second-order valence-corrected chi connectivity index (χ2v) is 3.89. The molecule has 0 aliphatic carbocycles. The molecule has 1 saturated heterocycles. The van der Waals surface area contributed by atoms with Gasteiger partial charge in [0.15, 0.2) is 0 Å². The van der Waals surface area contributed by atoms with E-state index in [4.69, 9.17) is 0 Å². The standard InChI is InChI=1S/C12H17NO/c1-2-10-11(4-3-5-12(10)14)9-6-7-13-8-9/h3-5,9,13-14H,2,6-8H2,1H3. The van der Waals surface area contributed by atoms with Crippen LogP contribution >= 0.6 is 0 Å². The molecule has 2 rings (SSSR count). The molecule has 1 aliphatic heterocycles. The number of phenols is 1. The first-order valence-electron chi connectivity index (χ1n) is 5.34. The molecule has 0 spiro atoms. The van der Waals surface area contributed by atoms with Crippen LogP contribution in [0.3, 0.4) is 0 Å². The molecule has 0 radical (unpaired) electrons. The maximum Gasteiger partial charge on any atom is 0.119 e. The van der Waals surface area contributed by atoms with Crippen LogP contribution in [0.25, 0.3) is 0 Å². The number of hydrogen-bond acceptors (Lipinski definition) is 2. The van der Waals surface area contributed by atoms with Crippen LogP contribution in [0.5, 0.6) is 5.75 Å². The number of hydrogen-bond donors (Lipinski definition) is 2. The predicted molar refractivity (Wildman–Crippen MR) is 57.7 cm³/mol. The summed E-state index contributed by atoms with van der Waals surface area (Å²) in [7, 11) is 0. The Morgan fingerprint density at radius 1 is 1.50 bits per heavy atom. The first-order chi connectivity index (χ1) is 6.83. The van der Waals surface area contributed by atoms with Gasteiger partial charge in [-0.15, -0.1) is 0 Å². The Kier molecular flexibility index (Phi) is 2.73. The van der Waals surface area contributed by atoms with E-state index in [0.717, 1.165) is 25.1 Å². The van der Waals surface area contributed by atoms with Crippen molar-refractivity contribution in [2.24, 2.45) is 0 Å². The van der Waals surface area contributed by atoms with Gasteiger partial charge in [0.05, 0.1) is 0 Å². The highest BCUT2D eigenvalue weighted by Gasteiger charge is 2.19. The molecule has 1 aromatic rings. The van der Waals surface area contributed by atoms with Crippen molar-refractivity contribution in [3.63, 3.8) is 0 Å². The summed E-state index contributed by atoms with van der Waals surface area (Å²) in [5, 5.41) is 13.1. The van der Waals surface area contributed by atoms with Gasteiger partial charge in [-0.3, -0.25) is 0 Å². The van der Waals surface area contributed by atoms with E-state index in [1.54, 1.807) is 6.07 Å². The molecule has 1 fully saturated rings. The predicted octanol–water partition coefficient (Wildman–Crippen LogP) is 2.03. The number of phenolic OH excluding ortho intramolecular Hbond substituents is 1. The van der Waals surface area contributed by atoms with Crippen molar-refractivity contribution in [2.75, 3.05) is 13.1 Å². The van der Waals surface area contributed by atoms with Crippen LogP contribution in [0.1, 0.15) is 30.4 Å². The largest absolute Gasteiger partial charge is 0.508 e. The van der Waals surface area contributed by atoms with Crippen molar-refractivity contribution in [1.82, 2.24) is 5.32 Å². The molecule has 0 aromatic heterocycles. The Morgan fingerprint density at radius 3 is 3.00 bits per heavy atom. The summed E-state index contributed by atoms with van der Waals surface area (Å²) in [6, 6.07) is 5.88. The lowest BCUT2D eigenvalue weighted by atomic mass is 9.92. The van der Waals surface area contributed by atoms with Gasteiger partial charge >= 0.3 is 0 Å². The first kappa shape index (κ1) is 9.53. The van der Waals surface area contributed by atoms with E-state index in [9.17, 15) is 5.11 Å². The molecule has 1 aromatic carbocycles. The Bertz CT molecular complexity index is 316. The smallest absolute Gasteiger partial charge is 0.119 e. The average molecular weight is 191 g/mol. The first-order valence-corrected chi connectivity index (χ1v) is 5.34. The second kappa shape index (κ2) is 4.01. The zero-order valence-electron chi connectivity index (χ0n) is 8.59. The lowest BCUT2D eigenvalue weighted by Gasteiger charge is -2.14. The summed E-state index contributed by atoms with van der Waals surface area (Å²) in [5.74, 6) is 1.05. The molecule has 2 N–H and O–H groups in total. The molecule has 76 valence electrons. The lowest BCUT2D eigenvalue weighted by molar-refractivity contribution is 0.466. The summed E-state index contributed by atoms with van der Waals surface area (Å²) in [5.41, 5.74) is 2.46. The molecular weight excluding hydrogens is 174 g/mol. The molecule has 0 amide bonds. The minimum Gasteiger partial charge on any atom is -0.508 e. The van der Waals surface area contributed by atoms with Crippen LogP contribution in [0.4, 0.5) is 0 Å². The van der Waals surface area contributed by atoms with Gasteiger partial charge in [0.2, 0.25) is 0 Å². The second-order valence-electron chi connectivity index (χ2n) is 3.89. The third-order valence-corrected chi connectivity index (χ3v) is 3.04. The Labute approximate surface area is 85.0 Å². The molecule has 0 saturated carbocycles. The molecule has 1 unspecified atom stereocenters. The van der Waals surface area contributed by atoms with Crippen molar-refractivity contribution in [3.8, 4) is 5.75 Å². The fraction of sp³-hybridized carbons (Fsp3) is 0.500. The summed E-state index contributed by atoms with van der Waals surface area (Å²) in [4.78, 5) is 0. The summed E-state index contributed by atoms with van der Waals surface area (Å²) >= 11 is 0. The van der Waals surface area contributed by atoms with Crippen LogP contribution in [0, 0.1) is 0 Å². The number of rotatable bonds is 2. The minimum atomic E-state index is 0.455. The molecule has 2 nitrogen and oxygen atoms in total. The van der Waals surface area contributed by atoms with Gasteiger partial charge in [-0.05, 0) is 42.5 Å². The van der Waals surface area contributed by atoms with E-state index >= 15 is 0 Å². The van der Waals surface area contributed by atoms with E-state index in [1.165, 1.54) is 12.0 Å². The molecule has 14 heavy (non-hydrogen) atoms. The van der Waals surface area contributed by atoms with Crippen molar-refractivity contribution < 1.29 is 5.11 Å². The van der Waals surface area contributed by atoms with Crippen molar-refractivity contribution in [2.45, 2.75) is 25.7 Å². The molecular formula is C12H17NO. The topological polar surface area (TPSA) is 32.3 Å². The maximum atomic E-state index is 9.73. The van der Waals surface area contributed by atoms with Crippen molar-refractivity contribution in [1.29, 1.82) is 0 Å². The molecule has 1 aliphatic rings. The van der Waals surface area contributed by atoms with Crippen LogP contribution in [0.15, 0.2) is 18.2 Å². The van der Waals surface area contributed by atoms with Crippen LogP contribution in [-0.2, 0) is 6.42 Å². The van der Waals surface area contributed by atoms with Crippen LogP contribution < -0.4 is 5.32 Å². The quantitative estimate of drug-likeness (QED) is 0.749. The highest BCUT2D eigenvalue weighted by atomic mass is 16.3. The number of benzene rings is 1. The van der Waals surface area contributed by atoms with Gasteiger partial charge in [-0.1, -0.05) is 19.1 Å². The lowest BCUT2D eigenvalue weighted by Crippen LogP contribution is -2.09. The Hall–Kier alpha value is -1.02. The normalized spacial score (nSPS) is 21.4. The molecule has 1 heterocycles. The Balaban J connectivity index is 2.35. The summed E-state index contributed by atoms with van der Waals surface area (Å²) in [6.07, 6.45) is 2.11. The van der Waals surface area contributed by atoms with Gasteiger partial charge in [0, 0.05) is 6.54 Å². The van der Waals surface area contributed by atoms with Gasteiger partial charge in [-0.2, -0.15) is 0 Å². The summed E-state index contributed by atoms with van der Waals surface area (Å²) < 4.78 is 0. The molecule has 2 heteroatoms. The third kappa shape index (κ3) is 1.62. The fourth-order valence-corrected chi connectivity index (χ4v) is 2.28. The SMILES string of the molecule is CCc1c(O)cccc1C1CCNC1. The van der Waals surface area contributed by atoms with Gasteiger partial charge in [0.1, 0.15) is 5.75 Å². The summed E-state index contributed by atoms with van der Waals surface area (Å²) in [6.45, 7) is 4.25. The van der Waals surface area contributed by atoms with Crippen LogP contribution in [0.2, 0.25) is 0 Å². The van der Waals surface area contributed by atoms with E-state index in [2.05, 4.69) is 18.3 Å². The highest BCUT2D eigenvalue weighted by molar-refractivity contribution is 5.41. The van der Waals surface area contributed by atoms with Gasteiger partial charge in [0.25, 0.3) is 0 Å². The molecule has 0 bridgehead atoms. The number of aromatic hydroxyl groups is 1. The van der Waals surface area contributed by atoms with Gasteiger partial charge < -0.3 is 10.4 Å². The van der Waals surface area contributed by atoms with E-state index in [0.29, 0.717) is 11.7 Å². The number of nitrogens with one attached hydrogen (secondary N) is 1. The highest BCUT2D eigenvalue weighted by Crippen LogP contribution is 2.30. The average Bonchev–Trinajstić information content (AvgIpc) is 2.70. The zero-order valence-corrected chi connectivity index (χ0v) is 8.59. The van der Waals surface area contributed by atoms with E-state index in [1.807, 2.05) is 6.07 Å². The van der Waals surface area contributed by atoms with E-state index in [-0.39, 0.29) is 0 Å². The zero-order chi connectivity index (χ0) is 9.97. The maximum absolute atomic E-state index is 9.73. The van der Waals surface area contributed by atoms with Crippen molar-refractivity contribution in [3.05, 3.63) is 29.3 Å². The van der Waals surface area contributed by atoms with E-state index < -0.39 is 0 Å². The molecule has 1 atom stereocenters. The fourth-order valence-electron chi connectivity index (χ4n) is 2.28. The monoisotopic (exact) mass is 191 g/mol. The van der Waals surface area contributed by atoms with Crippen molar-refractivity contribution >= 4 is 0 Å². The van der Waals surface area contributed by atoms with Gasteiger partial charge in [-0.25, -0.2) is 0 Å². The van der Waals surface area contributed by atoms with Crippen LogP contribution in [-0.4, -0.2) is 18.2 Å². The third-order valence-electron chi connectivity index (χ3n) is 3.04. The Morgan fingerprint density at radius 2 is 2.36 bits per heavy atom.